The summed E-state index contributed by atoms with van der Waals surface area (Å²) in [6.45, 7) is 27.8. The van der Waals surface area contributed by atoms with Gasteiger partial charge >= 0.3 is 0 Å². The lowest BCUT2D eigenvalue weighted by atomic mass is 9.74. The Morgan fingerprint density at radius 1 is 0.304 bits per heavy atom. The topological polar surface area (TPSA) is 0 Å². The van der Waals surface area contributed by atoms with Crippen molar-refractivity contribution in [3.63, 3.8) is 0 Å². The fourth-order valence-corrected chi connectivity index (χ4v) is 9.64. The molecule has 0 bridgehead atoms. The second-order valence-electron chi connectivity index (χ2n) is 18.6. The van der Waals surface area contributed by atoms with Crippen molar-refractivity contribution in [3.8, 4) is 44.5 Å². The van der Waals surface area contributed by atoms with Crippen molar-refractivity contribution in [1.82, 2.24) is 0 Å². The van der Waals surface area contributed by atoms with Gasteiger partial charge in [-0.25, -0.2) is 0 Å². The van der Waals surface area contributed by atoms with Crippen LogP contribution in [0.1, 0.15) is 86.1 Å². The first-order valence-corrected chi connectivity index (χ1v) is 20.4. The summed E-state index contributed by atoms with van der Waals surface area (Å²) < 4.78 is 0. The first-order chi connectivity index (χ1) is 26.5. The highest BCUT2D eigenvalue weighted by Gasteiger charge is 2.30. The minimum absolute atomic E-state index is 0.0259. The fraction of sp³-hybridized carbons (Fsp3) is 0.250. The molecule has 0 heteroatoms. The summed E-state index contributed by atoms with van der Waals surface area (Å²) in [6.07, 6.45) is 0. The second kappa shape index (κ2) is 13.6. The van der Waals surface area contributed by atoms with Crippen LogP contribution < -0.4 is 0 Å². The van der Waals surface area contributed by atoms with E-state index in [2.05, 4.69) is 204 Å². The van der Waals surface area contributed by atoms with Gasteiger partial charge in [0.1, 0.15) is 0 Å². The molecule has 56 heavy (non-hydrogen) atoms. The quantitative estimate of drug-likeness (QED) is 0.158. The number of fused-ring (bicyclic) bond motifs is 3. The van der Waals surface area contributed by atoms with Crippen molar-refractivity contribution in [2.75, 3.05) is 0 Å². The standard InChI is InChI=1S/C56H56/c1-33-27-35(3)47(36(4)28-33)51-43-25-23-41(55(7,8)9)31-45(43)50(40-21-17-14-18-22-40)54-52(48-37(5)29-34(2)30-38(48)6)44-26-24-42(56(10,11)12)32-46(44)49(53(51)54)39-19-15-13-16-20-39/h13-32H,1-12H3. The third-order valence-corrected chi connectivity index (χ3v) is 12.1. The van der Waals surface area contributed by atoms with E-state index in [1.54, 1.807) is 0 Å². The summed E-state index contributed by atoms with van der Waals surface area (Å²) in [5.41, 5.74) is 20.9. The molecule has 8 rings (SSSR count). The number of aryl methyl sites for hydroxylation is 6. The Balaban J connectivity index is 1.84. The molecule has 280 valence electrons. The predicted molar refractivity (Wildman–Crippen MR) is 247 cm³/mol. The Bertz CT molecular complexity index is 2590. The molecule has 0 fully saturated rings. The zero-order valence-corrected chi connectivity index (χ0v) is 35.5. The van der Waals surface area contributed by atoms with E-state index < -0.39 is 0 Å². The molecule has 0 N–H and O–H groups in total. The Labute approximate surface area is 335 Å². The molecule has 0 aliphatic carbocycles. The first kappa shape index (κ1) is 37.5. The van der Waals surface area contributed by atoms with Crippen molar-refractivity contribution >= 4 is 32.3 Å². The third kappa shape index (κ3) is 6.24. The maximum atomic E-state index is 2.52. The average Bonchev–Trinajstić information content (AvgIpc) is 3.13. The van der Waals surface area contributed by atoms with Gasteiger partial charge in [0.2, 0.25) is 0 Å². The van der Waals surface area contributed by atoms with Gasteiger partial charge < -0.3 is 0 Å². The minimum atomic E-state index is -0.0259. The molecule has 0 radical (unpaired) electrons. The molecule has 0 unspecified atom stereocenters. The van der Waals surface area contributed by atoms with Gasteiger partial charge in [-0.2, -0.15) is 0 Å². The van der Waals surface area contributed by atoms with E-state index in [-0.39, 0.29) is 10.8 Å². The highest BCUT2D eigenvalue weighted by molar-refractivity contribution is 6.34. The van der Waals surface area contributed by atoms with Gasteiger partial charge in [-0.1, -0.05) is 162 Å². The van der Waals surface area contributed by atoms with Crippen LogP contribution in [0, 0.1) is 41.5 Å². The van der Waals surface area contributed by atoms with Crippen LogP contribution in [0.2, 0.25) is 0 Å². The molecule has 0 saturated carbocycles. The molecule has 0 heterocycles. The van der Waals surface area contributed by atoms with Gasteiger partial charge in [0.15, 0.2) is 0 Å². The average molecular weight is 729 g/mol. The van der Waals surface area contributed by atoms with E-state index in [0.717, 1.165) is 0 Å². The number of rotatable bonds is 4. The molecule has 0 saturated heterocycles. The highest BCUT2D eigenvalue weighted by Crippen LogP contribution is 2.56. The molecule has 0 nitrogen and oxygen atoms in total. The molecule has 0 spiro atoms. The minimum Gasteiger partial charge on any atom is -0.0622 e. The molecule has 0 atom stereocenters. The van der Waals surface area contributed by atoms with E-state index in [4.69, 9.17) is 0 Å². The molecule has 8 aromatic rings. The van der Waals surface area contributed by atoms with E-state index in [1.807, 2.05) is 0 Å². The second-order valence-corrected chi connectivity index (χ2v) is 18.6. The molecular weight excluding hydrogens is 673 g/mol. The van der Waals surface area contributed by atoms with Crippen molar-refractivity contribution in [2.45, 2.75) is 93.9 Å². The van der Waals surface area contributed by atoms with Gasteiger partial charge in [-0.05, 0) is 175 Å². The number of hydrogen-bond donors (Lipinski definition) is 0. The Hall–Kier alpha value is -5.46. The monoisotopic (exact) mass is 728 g/mol. The van der Waals surface area contributed by atoms with Gasteiger partial charge in [0, 0.05) is 0 Å². The normalized spacial score (nSPS) is 12.3. The molecule has 0 aliphatic rings. The van der Waals surface area contributed by atoms with Crippen molar-refractivity contribution in [2.24, 2.45) is 0 Å². The van der Waals surface area contributed by atoms with Crippen LogP contribution in [0.4, 0.5) is 0 Å². The lowest BCUT2D eigenvalue weighted by Crippen LogP contribution is -2.11. The summed E-state index contributed by atoms with van der Waals surface area (Å²) in [5, 5.41) is 7.86. The number of hydrogen-bond acceptors (Lipinski definition) is 0. The SMILES string of the molecule is Cc1cc(C)c(-c2c3ccc(C(C)(C)C)cc3c(-c3ccccc3)c3c(-c4c(C)cc(C)cc4C)c4ccc(C(C)(C)C)cc4c(-c4ccccc4)c23)c(C)c1. The highest BCUT2D eigenvalue weighted by atomic mass is 14.3. The maximum absolute atomic E-state index is 2.52. The zero-order chi connectivity index (χ0) is 39.8. The Morgan fingerprint density at radius 2 is 0.625 bits per heavy atom. The smallest absolute Gasteiger partial charge is 0.000118 e. The molecule has 0 aliphatic heterocycles. The summed E-state index contributed by atoms with van der Waals surface area (Å²) in [4.78, 5) is 0. The van der Waals surface area contributed by atoms with Gasteiger partial charge in [0.25, 0.3) is 0 Å². The van der Waals surface area contributed by atoms with Gasteiger partial charge in [-0.3, -0.25) is 0 Å². The van der Waals surface area contributed by atoms with Crippen LogP contribution in [0.25, 0.3) is 76.8 Å². The van der Waals surface area contributed by atoms with Crippen LogP contribution in [-0.4, -0.2) is 0 Å². The maximum Gasteiger partial charge on any atom is -0.000118 e. The van der Waals surface area contributed by atoms with Crippen LogP contribution in [0.15, 0.2) is 121 Å². The van der Waals surface area contributed by atoms with Crippen LogP contribution in [0.5, 0.6) is 0 Å². The fourth-order valence-electron chi connectivity index (χ4n) is 9.64. The number of benzene rings is 8. The summed E-state index contributed by atoms with van der Waals surface area (Å²) >= 11 is 0. The van der Waals surface area contributed by atoms with Gasteiger partial charge in [0.05, 0.1) is 0 Å². The molecule has 0 amide bonds. The Morgan fingerprint density at radius 3 is 0.929 bits per heavy atom. The first-order valence-electron chi connectivity index (χ1n) is 20.4. The summed E-state index contributed by atoms with van der Waals surface area (Å²) in [7, 11) is 0. The zero-order valence-electron chi connectivity index (χ0n) is 35.5. The van der Waals surface area contributed by atoms with Crippen LogP contribution >= 0.6 is 0 Å². The van der Waals surface area contributed by atoms with Gasteiger partial charge in [-0.15, -0.1) is 0 Å². The largest absolute Gasteiger partial charge is 0.0622 e. The lowest BCUT2D eigenvalue weighted by molar-refractivity contribution is 0.591. The van der Waals surface area contributed by atoms with Crippen LogP contribution in [0.3, 0.4) is 0 Å². The van der Waals surface area contributed by atoms with E-state index in [0.29, 0.717) is 0 Å². The Kier molecular flexibility index (Phi) is 9.12. The molecule has 8 aromatic carbocycles. The summed E-state index contributed by atoms with van der Waals surface area (Å²) in [6, 6.07) is 46.7. The van der Waals surface area contributed by atoms with E-state index in [1.165, 1.54) is 121 Å². The molecule has 0 aromatic heterocycles. The van der Waals surface area contributed by atoms with Crippen molar-refractivity contribution < 1.29 is 0 Å². The van der Waals surface area contributed by atoms with E-state index >= 15 is 0 Å². The predicted octanol–water partition coefficient (Wildman–Crippen LogP) is 16.3. The molecular formula is C56H56. The summed E-state index contributed by atoms with van der Waals surface area (Å²) in [5.74, 6) is 0. The third-order valence-electron chi connectivity index (χ3n) is 12.1. The van der Waals surface area contributed by atoms with Crippen molar-refractivity contribution in [1.29, 1.82) is 0 Å². The van der Waals surface area contributed by atoms with Crippen LogP contribution in [-0.2, 0) is 10.8 Å². The van der Waals surface area contributed by atoms with E-state index in [9.17, 15) is 0 Å². The lowest BCUT2D eigenvalue weighted by Gasteiger charge is -2.29. The van der Waals surface area contributed by atoms with Crippen molar-refractivity contribution in [3.05, 3.63) is 166 Å².